The Hall–Kier alpha value is -1.11. The number of benzene rings is 1. The summed E-state index contributed by atoms with van der Waals surface area (Å²) in [6.07, 6.45) is 12.6. The van der Waals surface area contributed by atoms with E-state index in [2.05, 4.69) is 18.7 Å². The average Bonchev–Trinajstić information content (AvgIpc) is 2.55. The molecule has 4 atom stereocenters. The molecule has 120 valence electrons. The van der Waals surface area contributed by atoms with Crippen molar-refractivity contribution in [1.29, 1.82) is 0 Å². The van der Waals surface area contributed by atoms with Gasteiger partial charge in [-0.15, -0.1) is 6.58 Å². The van der Waals surface area contributed by atoms with Crippen LogP contribution < -0.4 is 0 Å². The first-order valence-corrected chi connectivity index (χ1v) is 9.04. The highest BCUT2D eigenvalue weighted by molar-refractivity contribution is 5.26. The van der Waals surface area contributed by atoms with E-state index in [-0.39, 0.29) is 5.82 Å². The van der Waals surface area contributed by atoms with Crippen molar-refractivity contribution < 1.29 is 4.39 Å². The number of allylic oxidation sites excluding steroid dienone is 1. The Morgan fingerprint density at radius 2 is 1.91 bits per heavy atom. The van der Waals surface area contributed by atoms with Gasteiger partial charge in [0.05, 0.1) is 0 Å². The van der Waals surface area contributed by atoms with E-state index in [1.54, 1.807) is 6.07 Å². The van der Waals surface area contributed by atoms with Gasteiger partial charge in [0, 0.05) is 0 Å². The number of rotatable bonds is 4. The van der Waals surface area contributed by atoms with Crippen molar-refractivity contribution in [3.63, 3.8) is 0 Å². The Morgan fingerprint density at radius 3 is 2.68 bits per heavy atom. The smallest absolute Gasteiger partial charge is 0.126 e. The minimum atomic E-state index is -0.0345. The number of hydrogen-bond donors (Lipinski definition) is 0. The first-order valence-electron chi connectivity index (χ1n) is 9.04. The van der Waals surface area contributed by atoms with Crippen molar-refractivity contribution in [2.24, 2.45) is 17.8 Å². The predicted molar refractivity (Wildman–Crippen MR) is 91.5 cm³/mol. The zero-order valence-electron chi connectivity index (χ0n) is 13.9. The van der Waals surface area contributed by atoms with E-state index in [9.17, 15) is 4.39 Å². The predicted octanol–water partition coefficient (Wildman–Crippen LogP) is 6.40. The fraction of sp³-hybridized carbons (Fsp3) is 0.619. The van der Waals surface area contributed by atoms with Crippen LogP contribution in [-0.4, -0.2) is 0 Å². The lowest BCUT2D eigenvalue weighted by Gasteiger charge is -2.42. The Bertz CT molecular complexity index is 519. The average molecular weight is 300 g/mol. The van der Waals surface area contributed by atoms with Crippen LogP contribution in [0.15, 0.2) is 30.9 Å². The third kappa shape index (κ3) is 3.45. The molecule has 0 heterocycles. The molecule has 0 amide bonds. The summed E-state index contributed by atoms with van der Waals surface area (Å²) in [5.74, 6) is 3.28. The summed E-state index contributed by atoms with van der Waals surface area (Å²) in [6, 6.07) is 5.89. The Kier molecular flexibility index (Phi) is 5.00. The van der Waals surface area contributed by atoms with Crippen LogP contribution in [0.2, 0.25) is 0 Å². The monoisotopic (exact) mass is 300 g/mol. The number of aryl methyl sites for hydroxylation is 1. The molecule has 0 aromatic heterocycles. The number of fused-ring (bicyclic) bond motifs is 1. The minimum absolute atomic E-state index is 0.0345. The van der Waals surface area contributed by atoms with Crippen molar-refractivity contribution in [2.75, 3.05) is 0 Å². The molecule has 0 saturated heterocycles. The molecule has 1 heteroatoms. The maximum atomic E-state index is 13.8. The molecule has 1 aromatic carbocycles. The number of halogens is 1. The highest BCUT2D eigenvalue weighted by Crippen LogP contribution is 2.48. The van der Waals surface area contributed by atoms with Gasteiger partial charge in [0.15, 0.2) is 0 Å². The molecular weight excluding hydrogens is 271 g/mol. The van der Waals surface area contributed by atoms with Gasteiger partial charge in [0.2, 0.25) is 0 Å². The van der Waals surface area contributed by atoms with Gasteiger partial charge in [-0.25, -0.2) is 4.39 Å². The summed E-state index contributed by atoms with van der Waals surface area (Å²) in [6.45, 7) is 5.70. The van der Waals surface area contributed by atoms with Crippen molar-refractivity contribution >= 4 is 0 Å². The van der Waals surface area contributed by atoms with Crippen LogP contribution >= 0.6 is 0 Å². The lowest BCUT2D eigenvalue weighted by molar-refractivity contribution is 0.115. The van der Waals surface area contributed by atoms with Crippen LogP contribution in [0, 0.1) is 30.5 Å². The molecule has 0 aliphatic heterocycles. The second-order valence-electron chi connectivity index (χ2n) is 7.58. The zero-order chi connectivity index (χ0) is 15.5. The summed E-state index contributed by atoms with van der Waals surface area (Å²) in [5, 5.41) is 0. The van der Waals surface area contributed by atoms with E-state index in [0.29, 0.717) is 5.92 Å². The molecule has 0 N–H and O–H groups in total. The largest absolute Gasteiger partial charge is 0.207 e. The summed E-state index contributed by atoms with van der Waals surface area (Å²) < 4.78 is 13.8. The summed E-state index contributed by atoms with van der Waals surface area (Å²) in [4.78, 5) is 0. The highest BCUT2D eigenvalue weighted by atomic mass is 19.1. The van der Waals surface area contributed by atoms with E-state index in [1.807, 2.05) is 13.0 Å². The van der Waals surface area contributed by atoms with Gasteiger partial charge < -0.3 is 0 Å². The van der Waals surface area contributed by atoms with Crippen molar-refractivity contribution in [1.82, 2.24) is 0 Å². The molecule has 4 unspecified atom stereocenters. The maximum absolute atomic E-state index is 13.8. The van der Waals surface area contributed by atoms with E-state index < -0.39 is 0 Å². The Balaban J connectivity index is 1.60. The standard InChI is InChI=1S/C21H29F/c1-3-4-5-16-7-9-18-13-19(11-10-17(18)12-16)20-8-6-15(2)21(22)14-20/h3,6,8,14,16-19H,1,4-5,7,9-13H2,2H3. The molecule has 0 spiro atoms. The molecule has 22 heavy (non-hydrogen) atoms. The van der Waals surface area contributed by atoms with Crippen LogP contribution in [0.25, 0.3) is 0 Å². The molecular formula is C21H29F. The molecule has 2 aliphatic rings. The molecule has 2 fully saturated rings. The Labute approximate surface area is 134 Å². The van der Waals surface area contributed by atoms with E-state index in [0.717, 1.165) is 23.3 Å². The molecule has 1 aromatic rings. The van der Waals surface area contributed by atoms with E-state index >= 15 is 0 Å². The lowest BCUT2D eigenvalue weighted by atomic mass is 9.63. The van der Waals surface area contributed by atoms with Gasteiger partial charge in [0.25, 0.3) is 0 Å². The fourth-order valence-electron chi connectivity index (χ4n) is 4.77. The highest BCUT2D eigenvalue weighted by Gasteiger charge is 2.35. The number of hydrogen-bond acceptors (Lipinski definition) is 0. The molecule has 0 radical (unpaired) electrons. The third-order valence-electron chi connectivity index (χ3n) is 6.17. The molecule has 0 bridgehead atoms. The van der Waals surface area contributed by atoms with Gasteiger partial charge in [-0.05, 0) is 92.7 Å². The summed E-state index contributed by atoms with van der Waals surface area (Å²) >= 11 is 0. The van der Waals surface area contributed by atoms with Crippen LogP contribution in [0.3, 0.4) is 0 Å². The van der Waals surface area contributed by atoms with Crippen molar-refractivity contribution in [3.8, 4) is 0 Å². The van der Waals surface area contributed by atoms with E-state index in [1.165, 1.54) is 56.9 Å². The normalized spacial score (nSPS) is 31.5. The molecule has 2 aliphatic carbocycles. The molecule has 3 rings (SSSR count). The van der Waals surface area contributed by atoms with Crippen molar-refractivity contribution in [3.05, 3.63) is 47.8 Å². The zero-order valence-corrected chi connectivity index (χ0v) is 13.9. The van der Waals surface area contributed by atoms with Crippen LogP contribution in [0.5, 0.6) is 0 Å². The summed E-state index contributed by atoms with van der Waals surface area (Å²) in [5.41, 5.74) is 2.00. The first kappa shape index (κ1) is 15.8. The fourth-order valence-corrected chi connectivity index (χ4v) is 4.77. The quantitative estimate of drug-likeness (QED) is 0.564. The topological polar surface area (TPSA) is 0 Å². The van der Waals surface area contributed by atoms with Gasteiger partial charge in [-0.1, -0.05) is 24.6 Å². The van der Waals surface area contributed by atoms with Gasteiger partial charge in [-0.2, -0.15) is 0 Å². The second kappa shape index (κ2) is 6.98. The first-order chi connectivity index (χ1) is 10.7. The Morgan fingerprint density at radius 1 is 1.14 bits per heavy atom. The molecule has 0 nitrogen and oxygen atoms in total. The van der Waals surface area contributed by atoms with Gasteiger partial charge in [-0.3, -0.25) is 0 Å². The van der Waals surface area contributed by atoms with Gasteiger partial charge >= 0.3 is 0 Å². The molecule has 2 saturated carbocycles. The van der Waals surface area contributed by atoms with Crippen molar-refractivity contribution in [2.45, 2.75) is 64.2 Å². The minimum Gasteiger partial charge on any atom is -0.207 e. The van der Waals surface area contributed by atoms with Crippen LogP contribution in [0.4, 0.5) is 4.39 Å². The van der Waals surface area contributed by atoms with E-state index in [4.69, 9.17) is 0 Å². The van der Waals surface area contributed by atoms with Crippen LogP contribution in [0.1, 0.15) is 68.4 Å². The third-order valence-corrected chi connectivity index (χ3v) is 6.17. The van der Waals surface area contributed by atoms with Crippen LogP contribution in [-0.2, 0) is 0 Å². The maximum Gasteiger partial charge on any atom is 0.126 e. The second-order valence-corrected chi connectivity index (χ2v) is 7.58. The van der Waals surface area contributed by atoms with Gasteiger partial charge in [0.1, 0.15) is 5.82 Å². The SMILES string of the molecule is C=CCCC1CCC2CC(c3ccc(C)c(F)c3)CCC2C1. The lowest BCUT2D eigenvalue weighted by Crippen LogP contribution is -2.30. The summed E-state index contributed by atoms with van der Waals surface area (Å²) in [7, 11) is 0.